The topological polar surface area (TPSA) is 79.3 Å². The van der Waals surface area contributed by atoms with E-state index in [0.717, 1.165) is 5.56 Å². The normalized spacial score (nSPS) is 11.0. The van der Waals surface area contributed by atoms with Gasteiger partial charge < -0.3 is 5.11 Å². The molecular weight excluding hydrogens is 308 g/mol. The Morgan fingerprint density at radius 2 is 2.24 bits per heavy atom. The lowest BCUT2D eigenvalue weighted by Gasteiger charge is -2.07. The number of hydrogen-bond acceptors (Lipinski definition) is 5. The van der Waals surface area contributed by atoms with Crippen LogP contribution in [0.5, 0.6) is 0 Å². The van der Waals surface area contributed by atoms with E-state index in [1.54, 1.807) is 29.9 Å². The molecule has 1 aromatic carbocycles. The second-order valence-corrected chi connectivity index (χ2v) is 6.73. The van der Waals surface area contributed by atoms with Gasteiger partial charge in [0.1, 0.15) is 6.61 Å². The highest BCUT2D eigenvalue weighted by Gasteiger charge is 2.15. The van der Waals surface area contributed by atoms with E-state index in [2.05, 4.69) is 21.5 Å². The highest BCUT2D eigenvalue weighted by molar-refractivity contribution is 7.89. The van der Waals surface area contributed by atoms with Crippen molar-refractivity contribution in [2.24, 2.45) is 0 Å². The van der Waals surface area contributed by atoms with Gasteiger partial charge in [-0.3, -0.25) is 0 Å². The van der Waals surface area contributed by atoms with E-state index < -0.39 is 10.0 Å². The van der Waals surface area contributed by atoms with Gasteiger partial charge in [0.15, 0.2) is 0 Å². The highest BCUT2D eigenvalue weighted by atomic mass is 32.2. The van der Waals surface area contributed by atoms with Crippen molar-refractivity contribution in [3.63, 3.8) is 0 Å². The molecule has 0 aliphatic rings. The van der Waals surface area contributed by atoms with Gasteiger partial charge in [0.25, 0.3) is 0 Å². The minimum absolute atomic E-state index is 0.164. The molecule has 0 radical (unpaired) electrons. The van der Waals surface area contributed by atoms with Crippen LogP contribution in [-0.2, 0) is 16.6 Å². The quantitative estimate of drug-likeness (QED) is 0.831. The number of sulfonamides is 1. The first-order chi connectivity index (χ1) is 10.0. The molecule has 1 aromatic heterocycles. The van der Waals surface area contributed by atoms with Crippen LogP contribution in [0.15, 0.2) is 34.0 Å². The van der Waals surface area contributed by atoms with Crippen LogP contribution in [0.4, 0.5) is 0 Å². The smallest absolute Gasteiger partial charge is 0.240 e. The van der Waals surface area contributed by atoms with Gasteiger partial charge in [-0.05, 0) is 30.7 Å². The maximum Gasteiger partial charge on any atom is 0.240 e. The van der Waals surface area contributed by atoms with Crippen LogP contribution in [0.1, 0.15) is 16.8 Å². The minimum Gasteiger partial charge on any atom is -0.384 e. The number of benzene rings is 1. The number of rotatable bonds is 4. The van der Waals surface area contributed by atoms with Crippen molar-refractivity contribution in [3.05, 3.63) is 45.9 Å². The van der Waals surface area contributed by atoms with Gasteiger partial charge in [-0.25, -0.2) is 18.1 Å². The van der Waals surface area contributed by atoms with Crippen molar-refractivity contribution in [2.75, 3.05) is 6.61 Å². The van der Waals surface area contributed by atoms with Gasteiger partial charge in [0.05, 0.1) is 22.6 Å². The van der Waals surface area contributed by atoms with E-state index in [9.17, 15) is 8.42 Å². The summed E-state index contributed by atoms with van der Waals surface area (Å²) in [7, 11) is -3.58. The zero-order valence-corrected chi connectivity index (χ0v) is 13.0. The van der Waals surface area contributed by atoms with Crippen molar-refractivity contribution < 1.29 is 13.5 Å². The van der Waals surface area contributed by atoms with Crippen LogP contribution in [-0.4, -0.2) is 25.1 Å². The van der Waals surface area contributed by atoms with Crippen molar-refractivity contribution >= 4 is 21.4 Å². The Hall–Kier alpha value is -1.72. The zero-order chi connectivity index (χ0) is 15.3. The average molecular weight is 322 g/mol. The van der Waals surface area contributed by atoms with Gasteiger partial charge in [-0.15, -0.1) is 11.3 Å². The molecule has 0 aliphatic carbocycles. The Balaban J connectivity index is 2.18. The molecule has 1 heterocycles. The Labute approximate surface area is 127 Å². The Morgan fingerprint density at radius 1 is 1.43 bits per heavy atom. The van der Waals surface area contributed by atoms with Crippen LogP contribution >= 0.6 is 11.3 Å². The number of aliphatic hydroxyl groups excluding tert-OH is 1. The third-order valence-electron chi connectivity index (χ3n) is 2.74. The molecule has 0 saturated carbocycles. The molecular formula is C14H14N2O3S2. The van der Waals surface area contributed by atoms with Gasteiger partial charge >= 0.3 is 0 Å². The van der Waals surface area contributed by atoms with Gasteiger partial charge in [-0.2, -0.15) is 0 Å². The fraction of sp³-hybridized carbons (Fsp3) is 0.214. The second kappa shape index (κ2) is 6.83. The first kappa shape index (κ1) is 15.7. The predicted molar refractivity (Wildman–Crippen MR) is 81.3 cm³/mol. The summed E-state index contributed by atoms with van der Waals surface area (Å²) in [4.78, 5) is 4.21. The molecule has 0 aliphatic heterocycles. The van der Waals surface area contributed by atoms with Crippen molar-refractivity contribution in [2.45, 2.75) is 18.4 Å². The first-order valence-corrected chi connectivity index (χ1v) is 8.52. The maximum absolute atomic E-state index is 12.2. The van der Waals surface area contributed by atoms with E-state index in [-0.39, 0.29) is 18.0 Å². The molecule has 0 unspecified atom stereocenters. The SMILES string of the molecule is Cc1cc(S(=O)(=O)NCc2cscn2)ccc1C#CCO. The van der Waals surface area contributed by atoms with E-state index in [1.807, 2.05) is 0 Å². The van der Waals surface area contributed by atoms with Gasteiger partial charge in [0.2, 0.25) is 10.0 Å². The lowest BCUT2D eigenvalue weighted by Crippen LogP contribution is -2.23. The van der Waals surface area contributed by atoms with E-state index in [1.165, 1.54) is 17.4 Å². The van der Waals surface area contributed by atoms with E-state index >= 15 is 0 Å². The molecule has 0 spiro atoms. The monoisotopic (exact) mass is 322 g/mol. The summed E-state index contributed by atoms with van der Waals surface area (Å²) in [5, 5.41) is 10.5. The number of thiazole rings is 1. The van der Waals surface area contributed by atoms with Crippen LogP contribution in [0.2, 0.25) is 0 Å². The fourth-order valence-corrected chi connectivity index (χ4v) is 3.30. The summed E-state index contributed by atoms with van der Waals surface area (Å²) >= 11 is 1.42. The average Bonchev–Trinajstić information content (AvgIpc) is 2.97. The molecule has 0 bridgehead atoms. The molecule has 7 heteroatoms. The van der Waals surface area contributed by atoms with Gasteiger partial charge in [-0.1, -0.05) is 11.8 Å². The maximum atomic E-state index is 12.2. The van der Waals surface area contributed by atoms with Crippen LogP contribution in [0, 0.1) is 18.8 Å². The molecule has 21 heavy (non-hydrogen) atoms. The Kier molecular flexibility index (Phi) is 5.09. The van der Waals surface area contributed by atoms with E-state index in [0.29, 0.717) is 11.3 Å². The molecule has 2 rings (SSSR count). The molecule has 0 atom stereocenters. The lowest BCUT2D eigenvalue weighted by atomic mass is 10.1. The molecule has 2 N–H and O–H groups in total. The molecule has 0 saturated heterocycles. The van der Waals surface area contributed by atoms with Crippen molar-refractivity contribution in [1.29, 1.82) is 0 Å². The van der Waals surface area contributed by atoms with E-state index in [4.69, 9.17) is 5.11 Å². The standard InChI is InChI=1S/C14H14N2O3S2/c1-11-7-14(5-4-12(11)3-2-6-17)21(18,19)16-8-13-9-20-10-15-13/h4-5,7,9-10,16-17H,6,8H2,1H3. The third kappa shape index (κ3) is 4.12. The second-order valence-electron chi connectivity index (χ2n) is 4.24. The molecule has 2 aromatic rings. The minimum atomic E-state index is -3.58. The number of nitrogens with zero attached hydrogens (tertiary/aromatic N) is 1. The molecule has 0 amide bonds. The third-order valence-corrected chi connectivity index (χ3v) is 4.77. The summed E-state index contributed by atoms with van der Waals surface area (Å²) in [6, 6.07) is 4.69. The molecule has 5 nitrogen and oxygen atoms in total. The fourth-order valence-electron chi connectivity index (χ4n) is 1.66. The molecule has 0 fully saturated rings. The van der Waals surface area contributed by atoms with Gasteiger partial charge in [0, 0.05) is 10.9 Å². The summed E-state index contributed by atoms with van der Waals surface area (Å²) < 4.78 is 26.9. The summed E-state index contributed by atoms with van der Waals surface area (Å²) in [6.45, 7) is 1.71. The summed E-state index contributed by atoms with van der Waals surface area (Å²) in [6.07, 6.45) is 0. The van der Waals surface area contributed by atoms with Crippen LogP contribution in [0.3, 0.4) is 0 Å². The van der Waals surface area contributed by atoms with Crippen molar-refractivity contribution in [3.8, 4) is 11.8 Å². The summed E-state index contributed by atoms with van der Waals surface area (Å²) in [5.41, 5.74) is 3.78. The zero-order valence-electron chi connectivity index (χ0n) is 11.3. The number of hydrogen-bond donors (Lipinski definition) is 2. The van der Waals surface area contributed by atoms with Crippen molar-refractivity contribution in [1.82, 2.24) is 9.71 Å². The van der Waals surface area contributed by atoms with Crippen LogP contribution in [0.25, 0.3) is 0 Å². The number of nitrogens with one attached hydrogen (secondary N) is 1. The first-order valence-electron chi connectivity index (χ1n) is 6.10. The summed E-state index contributed by atoms with van der Waals surface area (Å²) in [5.74, 6) is 5.31. The predicted octanol–water partition coefficient (Wildman–Crippen LogP) is 1.27. The highest BCUT2D eigenvalue weighted by Crippen LogP contribution is 2.15. The number of aliphatic hydroxyl groups is 1. The Bertz CT molecular complexity index is 772. The van der Waals surface area contributed by atoms with Crippen LogP contribution < -0.4 is 4.72 Å². The largest absolute Gasteiger partial charge is 0.384 e. The number of aromatic nitrogens is 1. The Morgan fingerprint density at radius 3 is 2.86 bits per heavy atom. The molecule has 110 valence electrons. The lowest BCUT2D eigenvalue weighted by molar-refractivity contribution is 0.350. The number of aryl methyl sites for hydroxylation is 1.